The predicted molar refractivity (Wildman–Crippen MR) is 88.2 cm³/mol. The first-order valence-corrected chi connectivity index (χ1v) is 8.07. The summed E-state index contributed by atoms with van der Waals surface area (Å²) in [6.07, 6.45) is 0. The first-order valence-electron chi connectivity index (χ1n) is 6.70. The minimum absolute atomic E-state index is 0.870. The summed E-state index contributed by atoms with van der Waals surface area (Å²) in [6, 6.07) is 16.8. The van der Waals surface area contributed by atoms with E-state index in [0.717, 1.165) is 13.7 Å². The predicted octanol–water partition coefficient (Wildman–Crippen LogP) is 3.35. The second-order valence-electron chi connectivity index (χ2n) is 4.68. The fourth-order valence-corrected chi connectivity index (χ4v) is 1.74. The molecule has 5 nitrogen and oxygen atoms in total. The van der Waals surface area contributed by atoms with Crippen molar-refractivity contribution in [2.45, 2.75) is 20.4 Å². The topological polar surface area (TPSA) is 75.6 Å². The van der Waals surface area contributed by atoms with E-state index in [1.54, 1.807) is 0 Å². The van der Waals surface area contributed by atoms with Gasteiger partial charge in [-0.1, -0.05) is 42.5 Å². The highest BCUT2D eigenvalue weighted by molar-refractivity contribution is 7.80. The summed E-state index contributed by atoms with van der Waals surface area (Å²) in [4.78, 5) is 0. The third-order valence-corrected chi connectivity index (χ3v) is 3.56. The molecule has 0 fully saturated rings. The molecule has 0 spiro atoms. The second kappa shape index (κ2) is 8.53. The molecule has 0 aliphatic carbocycles. The zero-order valence-corrected chi connectivity index (χ0v) is 13.7. The van der Waals surface area contributed by atoms with Gasteiger partial charge in [0.15, 0.2) is 0 Å². The van der Waals surface area contributed by atoms with Crippen molar-refractivity contribution in [3.63, 3.8) is 0 Å². The van der Waals surface area contributed by atoms with E-state index in [9.17, 15) is 8.42 Å². The Labute approximate surface area is 131 Å². The van der Waals surface area contributed by atoms with Crippen LogP contribution in [0, 0.1) is 13.8 Å². The van der Waals surface area contributed by atoms with Crippen LogP contribution in [0.5, 0.6) is 0 Å². The van der Waals surface area contributed by atoms with Gasteiger partial charge in [0.1, 0.15) is 0 Å². The second-order valence-corrected chi connectivity index (χ2v) is 5.87. The Balaban J connectivity index is 0.000000346. The van der Waals surface area contributed by atoms with Crippen LogP contribution in [0.3, 0.4) is 0 Å². The average Bonchev–Trinajstić information content (AvgIpc) is 2.50. The number of rotatable bonds is 4. The molecule has 0 aromatic heterocycles. The standard InChI is InChI=1S/C15H17N.CH4O4S/c1-12-7-6-10-15(13(12)2)16-11-14-8-4-3-5-9-14;1-5-6(2,3)4/h3-10,16H,11H2,1-2H3;1H3,(H,2,3,4). The Kier molecular flexibility index (Phi) is 7.04. The Hall–Kier alpha value is -1.89. The molecule has 120 valence electrons. The molecule has 0 unspecified atom stereocenters. The van der Waals surface area contributed by atoms with Crippen LogP contribution >= 0.6 is 0 Å². The van der Waals surface area contributed by atoms with Crippen molar-refractivity contribution in [2.75, 3.05) is 12.4 Å². The molecular formula is C16H21NO4S. The summed E-state index contributed by atoms with van der Waals surface area (Å²) in [7, 11) is -3.29. The summed E-state index contributed by atoms with van der Waals surface area (Å²) >= 11 is 0. The summed E-state index contributed by atoms with van der Waals surface area (Å²) in [5.74, 6) is 0. The van der Waals surface area contributed by atoms with Gasteiger partial charge in [-0.15, -0.1) is 0 Å². The van der Waals surface area contributed by atoms with E-state index in [1.807, 2.05) is 6.07 Å². The summed E-state index contributed by atoms with van der Waals surface area (Å²) in [5, 5.41) is 3.47. The molecule has 0 aliphatic heterocycles. The fourth-order valence-electron chi connectivity index (χ4n) is 1.74. The van der Waals surface area contributed by atoms with E-state index in [1.165, 1.54) is 22.4 Å². The third-order valence-electron chi connectivity index (χ3n) is 3.14. The summed E-state index contributed by atoms with van der Waals surface area (Å²) in [5.41, 5.74) is 5.20. The Morgan fingerprint density at radius 1 is 1.05 bits per heavy atom. The SMILES string of the molecule is COS(=O)(=O)O.Cc1cccc(NCc2ccccc2)c1C. The van der Waals surface area contributed by atoms with Gasteiger partial charge in [-0.2, -0.15) is 8.42 Å². The lowest BCUT2D eigenvalue weighted by atomic mass is 10.1. The van der Waals surface area contributed by atoms with Crippen LogP contribution in [-0.2, 0) is 21.1 Å². The molecule has 0 aliphatic rings. The van der Waals surface area contributed by atoms with Crippen LogP contribution in [-0.4, -0.2) is 20.1 Å². The Morgan fingerprint density at radius 2 is 1.64 bits per heavy atom. The summed E-state index contributed by atoms with van der Waals surface area (Å²) < 4.78 is 29.7. The van der Waals surface area contributed by atoms with Crippen molar-refractivity contribution in [3.8, 4) is 0 Å². The maximum atomic E-state index is 9.33. The first kappa shape index (κ1) is 18.2. The van der Waals surface area contributed by atoms with Crippen LogP contribution in [0.2, 0.25) is 0 Å². The van der Waals surface area contributed by atoms with Crippen LogP contribution in [0.1, 0.15) is 16.7 Å². The van der Waals surface area contributed by atoms with Crippen molar-refractivity contribution >= 4 is 16.1 Å². The maximum absolute atomic E-state index is 9.33. The quantitative estimate of drug-likeness (QED) is 0.844. The number of aryl methyl sites for hydroxylation is 1. The van der Waals surface area contributed by atoms with Crippen LogP contribution in [0.4, 0.5) is 5.69 Å². The van der Waals surface area contributed by atoms with Gasteiger partial charge in [-0.05, 0) is 36.6 Å². The van der Waals surface area contributed by atoms with Crippen molar-refractivity contribution < 1.29 is 17.2 Å². The number of hydrogen-bond donors (Lipinski definition) is 2. The fraction of sp³-hybridized carbons (Fsp3) is 0.250. The Morgan fingerprint density at radius 3 is 2.18 bits per heavy atom. The van der Waals surface area contributed by atoms with Crippen LogP contribution in [0.25, 0.3) is 0 Å². The number of anilines is 1. The number of nitrogens with one attached hydrogen (secondary N) is 1. The Bertz CT molecular complexity index is 685. The van der Waals surface area contributed by atoms with Gasteiger partial charge in [-0.25, -0.2) is 0 Å². The first-order chi connectivity index (χ1) is 10.3. The highest BCUT2D eigenvalue weighted by Gasteiger charge is 1.99. The zero-order chi connectivity index (χ0) is 16.6. The van der Waals surface area contributed by atoms with Gasteiger partial charge in [-0.3, -0.25) is 8.74 Å². The van der Waals surface area contributed by atoms with Gasteiger partial charge in [0, 0.05) is 12.2 Å². The van der Waals surface area contributed by atoms with Gasteiger partial charge in [0.05, 0.1) is 7.11 Å². The molecule has 0 atom stereocenters. The van der Waals surface area contributed by atoms with Gasteiger partial charge >= 0.3 is 10.4 Å². The molecule has 2 rings (SSSR count). The van der Waals surface area contributed by atoms with Crippen molar-refractivity contribution in [1.29, 1.82) is 0 Å². The molecule has 6 heteroatoms. The zero-order valence-electron chi connectivity index (χ0n) is 12.9. The van der Waals surface area contributed by atoms with Gasteiger partial charge < -0.3 is 5.32 Å². The normalized spacial score (nSPS) is 10.5. The molecule has 2 aromatic rings. The minimum atomic E-state index is -4.16. The van der Waals surface area contributed by atoms with E-state index in [2.05, 4.69) is 65.8 Å². The number of benzene rings is 2. The van der Waals surface area contributed by atoms with Crippen molar-refractivity contribution in [1.82, 2.24) is 0 Å². The lowest BCUT2D eigenvalue weighted by Crippen LogP contribution is -2.01. The number of hydrogen-bond acceptors (Lipinski definition) is 4. The van der Waals surface area contributed by atoms with E-state index < -0.39 is 10.4 Å². The lowest BCUT2D eigenvalue weighted by molar-refractivity contribution is 0.324. The molecule has 0 radical (unpaired) electrons. The molecular weight excluding hydrogens is 302 g/mol. The van der Waals surface area contributed by atoms with Crippen LogP contribution in [0.15, 0.2) is 48.5 Å². The summed E-state index contributed by atoms with van der Waals surface area (Å²) in [6.45, 7) is 5.18. The third kappa shape index (κ3) is 6.71. The average molecular weight is 323 g/mol. The van der Waals surface area contributed by atoms with E-state index >= 15 is 0 Å². The van der Waals surface area contributed by atoms with Crippen LogP contribution < -0.4 is 5.32 Å². The lowest BCUT2D eigenvalue weighted by Gasteiger charge is -2.11. The van der Waals surface area contributed by atoms with Gasteiger partial charge in [0.25, 0.3) is 0 Å². The van der Waals surface area contributed by atoms with E-state index in [-0.39, 0.29) is 0 Å². The molecule has 2 aromatic carbocycles. The smallest absolute Gasteiger partial charge is 0.381 e. The highest BCUT2D eigenvalue weighted by Crippen LogP contribution is 2.18. The van der Waals surface area contributed by atoms with Crippen molar-refractivity contribution in [2.24, 2.45) is 0 Å². The van der Waals surface area contributed by atoms with Gasteiger partial charge in [0.2, 0.25) is 0 Å². The molecule has 22 heavy (non-hydrogen) atoms. The molecule has 0 bridgehead atoms. The maximum Gasteiger partial charge on any atom is 0.397 e. The molecule has 2 N–H and O–H groups in total. The van der Waals surface area contributed by atoms with E-state index in [4.69, 9.17) is 4.55 Å². The highest BCUT2D eigenvalue weighted by atomic mass is 32.3. The minimum Gasteiger partial charge on any atom is -0.381 e. The monoisotopic (exact) mass is 323 g/mol. The largest absolute Gasteiger partial charge is 0.397 e. The molecule has 0 saturated carbocycles. The molecule has 0 heterocycles. The van der Waals surface area contributed by atoms with Crippen molar-refractivity contribution in [3.05, 3.63) is 65.2 Å². The molecule has 0 saturated heterocycles. The molecule has 0 amide bonds. The van der Waals surface area contributed by atoms with E-state index in [0.29, 0.717) is 0 Å².